The molecule has 1 saturated heterocycles. The number of hydrogen-bond donors (Lipinski definition) is 2. The zero-order valence-electron chi connectivity index (χ0n) is 10.7. The Morgan fingerprint density at radius 3 is 2.88 bits per heavy atom. The maximum Gasteiger partial charge on any atom is 0.220 e. The highest BCUT2D eigenvalue weighted by molar-refractivity contribution is 5.75. The standard InChI is InChI=1S/C13H24N2O2/c1-10(16)2-5-13(17)14-8-11-6-7-15(9-11)12-3-4-12/h10-12,16H,2-9H2,1H3,(H,14,17). The molecule has 2 atom stereocenters. The van der Waals surface area contributed by atoms with E-state index in [4.69, 9.17) is 5.11 Å². The van der Waals surface area contributed by atoms with E-state index in [0.29, 0.717) is 18.8 Å². The van der Waals surface area contributed by atoms with Crippen molar-refractivity contribution in [1.29, 1.82) is 0 Å². The Labute approximate surface area is 103 Å². The molecular weight excluding hydrogens is 216 g/mol. The summed E-state index contributed by atoms with van der Waals surface area (Å²) >= 11 is 0. The lowest BCUT2D eigenvalue weighted by Gasteiger charge is -2.15. The zero-order valence-corrected chi connectivity index (χ0v) is 10.7. The molecule has 4 nitrogen and oxygen atoms in total. The summed E-state index contributed by atoms with van der Waals surface area (Å²) < 4.78 is 0. The largest absolute Gasteiger partial charge is 0.393 e. The molecule has 17 heavy (non-hydrogen) atoms. The molecule has 2 unspecified atom stereocenters. The second-order valence-corrected chi connectivity index (χ2v) is 5.57. The molecular formula is C13H24N2O2. The molecule has 2 rings (SSSR count). The van der Waals surface area contributed by atoms with Crippen molar-refractivity contribution in [2.75, 3.05) is 19.6 Å². The van der Waals surface area contributed by atoms with Crippen LogP contribution in [0.3, 0.4) is 0 Å². The summed E-state index contributed by atoms with van der Waals surface area (Å²) in [6.45, 7) is 4.89. The predicted octanol–water partition coefficient (Wildman–Crippen LogP) is 0.748. The summed E-state index contributed by atoms with van der Waals surface area (Å²) in [5, 5.41) is 12.1. The van der Waals surface area contributed by atoms with E-state index in [1.807, 2.05) is 0 Å². The summed E-state index contributed by atoms with van der Waals surface area (Å²) in [6.07, 6.45) is 4.58. The van der Waals surface area contributed by atoms with Crippen LogP contribution in [0.25, 0.3) is 0 Å². The highest BCUT2D eigenvalue weighted by Gasteiger charge is 2.34. The molecule has 1 amide bonds. The Bertz CT molecular complexity index is 264. The number of aliphatic hydroxyl groups is 1. The minimum Gasteiger partial charge on any atom is -0.393 e. The van der Waals surface area contributed by atoms with Crippen LogP contribution < -0.4 is 5.32 Å². The van der Waals surface area contributed by atoms with Crippen molar-refractivity contribution in [3.05, 3.63) is 0 Å². The van der Waals surface area contributed by atoms with E-state index in [1.165, 1.54) is 25.8 Å². The van der Waals surface area contributed by atoms with Gasteiger partial charge in [0.25, 0.3) is 0 Å². The van der Waals surface area contributed by atoms with Crippen LogP contribution in [0.4, 0.5) is 0 Å². The number of rotatable bonds is 6. The number of amides is 1. The molecule has 0 spiro atoms. The fourth-order valence-corrected chi connectivity index (χ4v) is 2.49. The van der Waals surface area contributed by atoms with Gasteiger partial charge in [-0.2, -0.15) is 0 Å². The van der Waals surface area contributed by atoms with Crippen LogP contribution in [-0.2, 0) is 4.79 Å². The first kappa shape index (κ1) is 12.8. The first-order valence-corrected chi connectivity index (χ1v) is 6.84. The van der Waals surface area contributed by atoms with Gasteiger partial charge in [-0.25, -0.2) is 0 Å². The van der Waals surface area contributed by atoms with E-state index in [0.717, 1.165) is 19.1 Å². The Morgan fingerprint density at radius 1 is 1.47 bits per heavy atom. The summed E-state index contributed by atoms with van der Waals surface area (Å²) in [7, 11) is 0. The normalized spacial score (nSPS) is 27.1. The third-order valence-electron chi connectivity index (χ3n) is 3.76. The average Bonchev–Trinajstić information content (AvgIpc) is 3.04. The number of nitrogens with one attached hydrogen (secondary N) is 1. The van der Waals surface area contributed by atoms with Gasteiger partial charge in [0.05, 0.1) is 6.10 Å². The number of carbonyl (C=O) groups is 1. The van der Waals surface area contributed by atoms with Crippen LogP contribution in [0.15, 0.2) is 0 Å². The molecule has 1 aliphatic heterocycles. The van der Waals surface area contributed by atoms with E-state index in [9.17, 15) is 4.79 Å². The SMILES string of the molecule is CC(O)CCC(=O)NCC1CCN(C2CC2)C1. The van der Waals surface area contributed by atoms with Crippen molar-refractivity contribution in [3.8, 4) is 0 Å². The number of likely N-dealkylation sites (tertiary alicyclic amines) is 1. The molecule has 0 aromatic rings. The van der Waals surface area contributed by atoms with Crippen LogP contribution in [0.2, 0.25) is 0 Å². The van der Waals surface area contributed by atoms with Crippen LogP contribution in [0, 0.1) is 5.92 Å². The maximum absolute atomic E-state index is 11.5. The molecule has 2 fully saturated rings. The van der Waals surface area contributed by atoms with Gasteiger partial charge >= 0.3 is 0 Å². The summed E-state index contributed by atoms with van der Waals surface area (Å²) in [4.78, 5) is 14.1. The van der Waals surface area contributed by atoms with Gasteiger partial charge in [0.1, 0.15) is 0 Å². The highest BCUT2D eigenvalue weighted by Crippen LogP contribution is 2.31. The molecule has 2 aliphatic rings. The zero-order chi connectivity index (χ0) is 12.3. The number of nitrogens with zero attached hydrogens (tertiary/aromatic N) is 1. The van der Waals surface area contributed by atoms with Gasteiger partial charge in [-0.1, -0.05) is 0 Å². The van der Waals surface area contributed by atoms with Crippen molar-refractivity contribution in [2.45, 2.75) is 51.2 Å². The van der Waals surface area contributed by atoms with Crippen molar-refractivity contribution in [2.24, 2.45) is 5.92 Å². The smallest absolute Gasteiger partial charge is 0.220 e. The Balaban J connectivity index is 1.57. The molecule has 4 heteroatoms. The molecule has 1 heterocycles. The molecule has 0 aromatic heterocycles. The van der Waals surface area contributed by atoms with Gasteiger partial charge in [-0.05, 0) is 45.1 Å². The summed E-state index contributed by atoms with van der Waals surface area (Å²) in [6, 6.07) is 0.853. The van der Waals surface area contributed by atoms with Gasteiger partial charge in [-0.3, -0.25) is 4.79 Å². The second kappa shape index (κ2) is 5.83. The number of hydrogen-bond acceptors (Lipinski definition) is 3. The van der Waals surface area contributed by atoms with E-state index >= 15 is 0 Å². The third-order valence-corrected chi connectivity index (χ3v) is 3.76. The Hall–Kier alpha value is -0.610. The molecule has 0 radical (unpaired) electrons. The number of carbonyl (C=O) groups excluding carboxylic acids is 1. The first-order valence-electron chi connectivity index (χ1n) is 6.84. The lowest BCUT2D eigenvalue weighted by Crippen LogP contribution is -2.31. The first-order chi connectivity index (χ1) is 8.15. The quantitative estimate of drug-likeness (QED) is 0.720. The van der Waals surface area contributed by atoms with Gasteiger partial charge in [0, 0.05) is 25.6 Å². The lowest BCUT2D eigenvalue weighted by molar-refractivity contribution is -0.121. The van der Waals surface area contributed by atoms with Crippen molar-refractivity contribution in [1.82, 2.24) is 10.2 Å². The summed E-state index contributed by atoms with van der Waals surface area (Å²) in [5.74, 6) is 0.710. The molecule has 0 aromatic carbocycles. The Morgan fingerprint density at radius 2 is 2.24 bits per heavy atom. The predicted molar refractivity (Wildman–Crippen MR) is 66.6 cm³/mol. The second-order valence-electron chi connectivity index (χ2n) is 5.57. The van der Waals surface area contributed by atoms with E-state index < -0.39 is 0 Å². The third kappa shape index (κ3) is 4.28. The fourth-order valence-electron chi connectivity index (χ4n) is 2.49. The molecule has 98 valence electrons. The van der Waals surface area contributed by atoms with Gasteiger partial charge < -0.3 is 15.3 Å². The van der Waals surface area contributed by atoms with Gasteiger partial charge in [0.15, 0.2) is 0 Å². The lowest BCUT2D eigenvalue weighted by atomic mass is 10.1. The Kier molecular flexibility index (Phi) is 4.40. The minimum absolute atomic E-state index is 0.0794. The summed E-state index contributed by atoms with van der Waals surface area (Å²) in [5.41, 5.74) is 0. The topological polar surface area (TPSA) is 52.6 Å². The highest BCUT2D eigenvalue weighted by atomic mass is 16.3. The maximum atomic E-state index is 11.5. The fraction of sp³-hybridized carbons (Fsp3) is 0.923. The monoisotopic (exact) mass is 240 g/mol. The minimum atomic E-state index is -0.377. The van der Waals surface area contributed by atoms with Crippen molar-refractivity contribution < 1.29 is 9.90 Å². The average molecular weight is 240 g/mol. The van der Waals surface area contributed by atoms with Crippen molar-refractivity contribution in [3.63, 3.8) is 0 Å². The van der Waals surface area contributed by atoms with Crippen LogP contribution >= 0.6 is 0 Å². The molecule has 0 bridgehead atoms. The van der Waals surface area contributed by atoms with Gasteiger partial charge in [0.2, 0.25) is 5.91 Å². The van der Waals surface area contributed by atoms with Gasteiger partial charge in [-0.15, -0.1) is 0 Å². The molecule has 1 aliphatic carbocycles. The number of aliphatic hydroxyl groups excluding tert-OH is 1. The van der Waals surface area contributed by atoms with E-state index in [2.05, 4.69) is 10.2 Å². The van der Waals surface area contributed by atoms with Crippen LogP contribution in [0.5, 0.6) is 0 Å². The van der Waals surface area contributed by atoms with E-state index in [-0.39, 0.29) is 12.0 Å². The van der Waals surface area contributed by atoms with Crippen molar-refractivity contribution >= 4 is 5.91 Å². The van der Waals surface area contributed by atoms with E-state index in [1.54, 1.807) is 6.92 Å². The van der Waals surface area contributed by atoms with Crippen LogP contribution in [0.1, 0.15) is 39.0 Å². The van der Waals surface area contributed by atoms with Crippen LogP contribution in [-0.4, -0.2) is 47.7 Å². The molecule has 1 saturated carbocycles. The molecule has 2 N–H and O–H groups in total.